The fraction of sp³-hybridized carbons (Fsp3) is 0.0714. The summed E-state index contributed by atoms with van der Waals surface area (Å²) in [5, 5.41) is 11.5. The van der Waals surface area contributed by atoms with Gasteiger partial charge in [-0.05, 0) is 41.6 Å². The predicted molar refractivity (Wildman–Crippen MR) is 68.4 cm³/mol. The molecule has 0 saturated carbocycles. The minimum atomic E-state index is 0. The van der Waals surface area contributed by atoms with Gasteiger partial charge in [0.15, 0.2) is 0 Å². The SMILES string of the molecule is [CH2-]c1nc(C#Cc2cc(C)cc(C#N)c2)cs1.[Y].[Y].[Y]. The van der Waals surface area contributed by atoms with Crippen molar-refractivity contribution in [3.8, 4) is 17.9 Å². The van der Waals surface area contributed by atoms with Crippen LogP contribution in [0.5, 0.6) is 0 Å². The molecule has 1 heterocycles. The summed E-state index contributed by atoms with van der Waals surface area (Å²) in [6.45, 7) is 5.68. The normalized spacial score (nSPS) is 7.80. The maximum Gasteiger partial charge on any atom is 0.121 e. The van der Waals surface area contributed by atoms with Crippen molar-refractivity contribution in [3.05, 3.63) is 57.9 Å². The van der Waals surface area contributed by atoms with Gasteiger partial charge in [-0.15, -0.1) is 0 Å². The molecule has 2 nitrogen and oxygen atoms in total. The van der Waals surface area contributed by atoms with Gasteiger partial charge >= 0.3 is 0 Å². The molecule has 6 heteroatoms. The van der Waals surface area contributed by atoms with Crippen molar-refractivity contribution in [2.24, 2.45) is 0 Å². The van der Waals surface area contributed by atoms with Crippen LogP contribution in [0.15, 0.2) is 23.6 Å². The van der Waals surface area contributed by atoms with Crippen molar-refractivity contribution in [3.63, 3.8) is 0 Å². The first-order valence-electron chi connectivity index (χ1n) is 4.98. The van der Waals surface area contributed by atoms with Gasteiger partial charge in [-0.1, -0.05) is 5.92 Å². The van der Waals surface area contributed by atoms with Gasteiger partial charge in [-0.2, -0.15) is 16.6 Å². The fourth-order valence-electron chi connectivity index (χ4n) is 1.42. The van der Waals surface area contributed by atoms with Crippen molar-refractivity contribution in [1.82, 2.24) is 4.98 Å². The summed E-state index contributed by atoms with van der Waals surface area (Å²) in [5.74, 6) is 5.97. The standard InChI is InChI=1S/C14H9N2S.3Y/c1-10-5-12(7-13(6-10)8-15)3-4-14-9-17-11(2)16-14;;;/h5-7,9H,2H2,1H3;;;/q-1;;;. The molecule has 0 fully saturated rings. The van der Waals surface area contributed by atoms with E-state index in [-0.39, 0.29) is 98.1 Å². The van der Waals surface area contributed by atoms with Gasteiger partial charge in [0, 0.05) is 109 Å². The number of nitriles is 1. The third-order valence-electron chi connectivity index (χ3n) is 2.09. The largest absolute Gasteiger partial charge is 0.346 e. The van der Waals surface area contributed by atoms with Gasteiger partial charge in [0.2, 0.25) is 0 Å². The topological polar surface area (TPSA) is 36.7 Å². The molecular weight excluding hydrogens is 495 g/mol. The Kier molecular flexibility index (Phi) is 13.6. The van der Waals surface area contributed by atoms with Gasteiger partial charge < -0.3 is 6.92 Å². The van der Waals surface area contributed by atoms with Crippen molar-refractivity contribution >= 4 is 11.3 Å². The molecule has 91 valence electrons. The van der Waals surface area contributed by atoms with E-state index in [9.17, 15) is 0 Å². The van der Waals surface area contributed by atoms with Crippen molar-refractivity contribution in [2.45, 2.75) is 6.92 Å². The van der Waals surface area contributed by atoms with E-state index < -0.39 is 0 Å². The van der Waals surface area contributed by atoms with Crippen LogP contribution in [-0.2, 0) is 98.1 Å². The molecule has 2 aromatic rings. The van der Waals surface area contributed by atoms with Gasteiger partial charge in [-0.25, -0.2) is 0 Å². The number of aryl methyl sites for hydroxylation is 1. The molecule has 0 N–H and O–H groups in total. The fourth-order valence-corrected chi connectivity index (χ4v) is 1.93. The summed E-state index contributed by atoms with van der Waals surface area (Å²) in [4.78, 5) is 4.16. The quantitative estimate of drug-likeness (QED) is 0.409. The molecule has 0 atom stereocenters. The Morgan fingerprint density at radius 3 is 2.30 bits per heavy atom. The molecule has 0 spiro atoms. The second-order valence-electron chi connectivity index (χ2n) is 3.58. The number of benzene rings is 1. The molecule has 0 saturated heterocycles. The molecule has 1 aromatic carbocycles. The van der Waals surface area contributed by atoms with Crippen molar-refractivity contribution in [1.29, 1.82) is 5.26 Å². The van der Waals surface area contributed by atoms with Crippen LogP contribution >= 0.6 is 11.3 Å². The predicted octanol–water partition coefficient (Wildman–Crippen LogP) is 2.90. The van der Waals surface area contributed by atoms with Crippen LogP contribution in [0.3, 0.4) is 0 Å². The summed E-state index contributed by atoms with van der Waals surface area (Å²) in [6.07, 6.45) is 0. The molecule has 2 rings (SSSR count). The number of rotatable bonds is 0. The summed E-state index contributed by atoms with van der Waals surface area (Å²) < 4.78 is 0. The first kappa shape index (κ1) is 23.3. The molecule has 0 bridgehead atoms. The Balaban J connectivity index is 0. The van der Waals surface area contributed by atoms with E-state index in [1.54, 1.807) is 6.07 Å². The number of hydrogen-bond donors (Lipinski definition) is 0. The van der Waals surface area contributed by atoms with E-state index in [2.05, 4.69) is 29.8 Å². The Labute approximate surface area is 199 Å². The molecule has 3 radical (unpaired) electrons. The van der Waals surface area contributed by atoms with Crippen LogP contribution in [0, 0.1) is 37.0 Å². The van der Waals surface area contributed by atoms with Gasteiger partial charge in [-0.3, -0.25) is 4.98 Å². The van der Waals surface area contributed by atoms with E-state index in [0.717, 1.165) is 21.8 Å². The number of aromatic nitrogens is 1. The van der Waals surface area contributed by atoms with E-state index in [1.165, 1.54) is 11.3 Å². The molecular formula is C14H9N2SY3-. The average molecular weight is 504 g/mol. The smallest absolute Gasteiger partial charge is 0.121 e. The summed E-state index contributed by atoms with van der Waals surface area (Å²) >= 11 is 1.47. The number of nitrogens with zero attached hydrogens (tertiary/aromatic N) is 2. The second-order valence-corrected chi connectivity index (χ2v) is 4.52. The third kappa shape index (κ3) is 7.38. The molecule has 0 aliphatic heterocycles. The monoisotopic (exact) mass is 504 g/mol. The molecule has 0 unspecified atom stereocenters. The molecule has 0 amide bonds. The van der Waals surface area contributed by atoms with E-state index in [0.29, 0.717) is 5.56 Å². The number of thiazole rings is 1. The van der Waals surface area contributed by atoms with Crippen LogP contribution in [0.2, 0.25) is 0 Å². The first-order valence-corrected chi connectivity index (χ1v) is 5.86. The van der Waals surface area contributed by atoms with Gasteiger partial charge in [0.25, 0.3) is 0 Å². The van der Waals surface area contributed by atoms with E-state index >= 15 is 0 Å². The Morgan fingerprint density at radius 2 is 1.75 bits per heavy atom. The molecule has 0 aliphatic carbocycles. The minimum absolute atomic E-state index is 0. The maximum absolute atomic E-state index is 8.86. The van der Waals surface area contributed by atoms with Gasteiger partial charge in [0.05, 0.1) is 11.6 Å². The van der Waals surface area contributed by atoms with Crippen LogP contribution in [0.25, 0.3) is 0 Å². The summed E-state index contributed by atoms with van der Waals surface area (Å²) in [5.41, 5.74) is 3.22. The summed E-state index contributed by atoms with van der Waals surface area (Å²) in [7, 11) is 0. The maximum atomic E-state index is 8.86. The minimum Gasteiger partial charge on any atom is -0.346 e. The van der Waals surface area contributed by atoms with E-state index in [4.69, 9.17) is 5.26 Å². The molecule has 1 aromatic heterocycles. The average Bonchev–Trinajstić information content (AvgIpc) is 2.72. The second kappa shape index (κ2) is 11.6. The van der Waals surface area contributed by atoms with Crippen LogP contribution in [0.1, 0.15) is 27.4 Å². The zero-order valence-electron chi connectivity index (χ0n) is 11.1. The van der Waals surface area contributed by atoms with Crippen LogP contribution in [-0.4, -0.2) is 4.98 Å². The van der Waals surface area contributed by atoms with Crippen molar-refractivity contribution < 1.29 is 98.1 Å². The van der Waals surface area contributed by atoms with Gasteiger partial charge in [0.1, 0.15) is 5.69 Å². The third-order valence-corrected chi connectivity index (χ3v) is 2.80. The zero-order valence-corrected chi connectivity index (χ0v) is 20.4. The van der Waals surface area contributed by atoms with E-state index in [1.807, 2.05) is 24.4 Å². The number of hydrogen-bond acceptors (Lipinski definition) is 3. The van der Waals surface area contributed by atoms with Crippen molar-refractivity contribution in [2.75, 3.05) is 0 Å². The summed E-state index contributed by atoms with van der Waals surface area (Å²) in [6, 6.07) is 7.68. The molecule has 20 heavy (non-hydrogen) atoms. The Hall–Kier alpha value is 1.08. The van der Waals surface area contributed by atoms with Crippen LogP contribution < -0.4 is 0 Å². The van der Waals surface area contributed by atoms with Crippen LogP contribution in [0.4, 0.5) is 0 Å². The Bertz CT molecular complexity index is 663. The molecule has 0 aliphatic rings. The first-order chi connectivity index (χ1) is 8.17. The zero-order chi connectivity index (χ0) is 12.3. The Morgan fingerprint density at radius 1 is 1.10 bits per heavy atom.